The molecule has 124 valence electrons. The minimum Gasteiger partial charge on any atom is -0.235 e. The first kappa shape index (κ1) is 16.9. The van der Waals surface area contributed by atoms with E-state index in [0.717, 1.165) is 11.6 Å². The molecule has 2 nitrogen and oxygen atoms in total. The van der Waals surface area contributed by atoms with Crippen LogP contribution in [0.2, 0.25) is 0 Å². The van der Waals surface area contributed by atoms with Crippen molar-refractivity contribution >= 4 is 23.0 Å². The fourth-order valence-corrected chi connectivity index (χ4v) is 3.11. The zero-order valence-corrected chi connectivity index (χ0v) is 13.6. The normalized spacial score (nSPS) is 12.0. The predicted molar refractivity (Wildman–Crippen MR) is 92.5 cm³/mol. The Kier molecular flexibility index (Phi) is 4.68. The molecule has 0 unspecified atom stereocenters. The standard InChI is InChI=1S/C19H11F3N2S/c20-19(21,22)16-9-5-4-8-14(16)10-15(11-23)18-24-17(12-25-18)13-6-2-1-3-7-13/h1-10,12H/b15-10+. The summed E-state index contributed by atoms with van der Waals surface area (Å²) in [6.45, 7) is 0. The zero-order valence-electron chi connectivity index (χ0n) is 12.8. The predicted octanol–water partition coefficient (Wildman–Crippen LogP) is 5.89. The van der Waals surface area contributed by atoms with E-state index < -0.39 is 11.7 Å². The van der Waals surface area contributed by atoms with Gasteiger partial charge < -0.3 is 0 Å². The molecule has 0 aliphatic carbocycles. The van der Waals surface area contributed by atoms with E-state index >= 15 is 0 Å². The Labute approximate surface area is 146 Å². The van der Waals surface area contributed by atoms with Crippen LogP contribution in [0.1, 0.15) is 16.1 Å². The average molecular weight is 356 g/mol. The van der Waals surface area contributed by atoms with Crippen LogP contribution in [0, 0.1) is 11.3 Å². The minimum atomic E-state index is -4.48. The number of nitrogens with zero attached hydrogens (tertiary/aromatic N) is 2. The van der Waals surface area contributed by atoms with Crippen molar-refractivity contribution in [2.75, 3.05) is 0 Å². The van der Waals surface area contributed by atoms with Crippen LogP contribution in [0.5, 0.6) is 0 Å². The molecule has 0 radical (unpaired) electrons. The van der Waals surface area contributed by atoms with Gasteiger partial charge in [-0.2, -0.15) is 18.4 Å². The molecule has 3 aromatic rings. The van der Waals surface area contributed by atoms with E-state index in [4.69, 9.17) is 0 Å². The molecular weight excluding hydrogens is 345 g/mol. The SMILES string of the molecule is N#C/C(=C\c1ccccc1C(F)(F)F)c1nc(-c2ccccc2)cs1. The van der Waals surface area contributed by atoms with Crippen LogP contribution < -0.4 is 0 Å². The number of alkyl halides is 3. The third kappa shape index (κ3) is 3.78. The molecular formula is C19H11F3N2S. The van der Waals surface area contributed by atoms with Crippen LogP contribution in [-0.2, 0) is 6.18 Å². The highest BCUT2D eigenvalue weighted by molar-refractivity contribution is 7.11. The summed E-state index contributed by atoms with van der Waals surface area (Å²) in [5, 5.41) is 11.6. The molecule has 0 bridgehead atoms. The maximum atomic E-state index is 13.1. The molecule has 0 atom stereocenters. The maximum Gasteiger partial charge on any atom is 0.416 e. The molecule has 1 aromatic heterocycles. The van der Waals surface area contributed by atoms with Gasteiger partial charge in [-0.3, -0.25) is 0 Å². The Morgan fingerprint density at radius 1 is 1.04 bits per heavy atom. The summed E-state index contributed by atoms with van der Waals surface area (Å²) in [5.41, 5.74) is 0.846. The Morgan fingerprint density at radius 2 is 1.72 bits per heavy atom. The third-order valence-electron chi connectivity index (χ3n) is 3.49. The zero-order chi connectivity index (χ0) is 17.9. The lowest BCUT2D eigenvalue weighted by Gasteiger charge is -2.09. The van der Waals surface area contributed by atoms with Gasteiger partial charge in [0.1, 0.15) is 11.1 Å². The molecule has 0 aliphatic heterocycles. The van der Waals surface area contributed by atoms with Gasteiger partial charge in [0.2, 0.25) is 0 Å². The van der Waals surface area contributed by atoms with Gasteiger partial charge in [0, 0.05) is 10.9 Å². The lowest BCUT2D eigenvalue weighted by Crippen LogP contribution is -2.07. The van der Waals surface area contributed by atoms with E-state index in [1.807, 2.05) is 36.4 Å². The largest absolute Gasteiger partial charge is 0.416 e. The van der Waals surface area contributed by atoms with Gasteiger partial charge in [-0.25, -0.2) is 4.98 Å². The molecule has 0 N–H and O–H groups in total. The van der Waals surface area contributed by atoms with Crippen molar-refractivity contribution in [3.05, 3.63) is 76.1 Å². The van der Waals surface area contributed by atoms with Crippen molar-refractivity contribution in [2.45, 2.75) is 6.18 Å². The summed E-state index contributed by atoms with van der Waals surface area (Å²) in [7, 11) is 0. The topological polar surface area (TPSA) is 36.7 Å². The van der Waals surface area contributed by atoms with E-state index in [-0.39, 0.29) is 11.1 Å². The van der Waals surface area contributed by atoms with Crippen molar-refractivity contribution in [1.82, 2.24) is 4.98 Å². The van der Waals surface area contributed by atoms with Gasteiger partial charge in [0.25, 0.3) is 0 Å². The highest BCUT2D eigenvalue weighted by atomic mass is 32.1. The quantitative estimate of drug-likeness (QED) is 0.548. The number of nitriles is 1. The summed E-state index contributed by atoms with van der Waals surface area (Å²) < 4.78 is 39.3. The van der Waals surface area contributed by atoms with Crippen LogP contribution in [0.3, 0.4) is 0 Å². The summed E-state index contributed by atoms with van der Waals surface area (Å²) in [6.07, 6.45) is -3.25. The van der Waals surface area contributed by atoms with E-state index in [1.165, 1.54) is 35.6 Å². The van der Waals surface area contributed by atoms with Gasteiger partial charge in [-0.05, 0) is 17.7 Å². The molecule has 2 aromatic carbocycles. The lowest BCUT2D eigenvalue weighted by atomic mass is 10.0. The second-order valence-electron chi connectivity index (χ2n) is 5.16. The molecule has 25 heavy (non-hydrogen) atoms. The second-order valence-corrected chi connectivity index (χ2v) is 6.02. The fourth-order valence-electron chi connectivity index (χ4n) is 2.32. The number of aromatic nitrogens is 1. The van der Waals surface area contributed by atoms with Gasteiger partial charge in [-0.15, -0.1) is 11.3 Å². The molecule has 6 heteroatoms. The van der Waals surface area contributed by atoms with Crippen molar-refractivity contribution < 1.29 is 13.2 Å². The van der Waals surface area contributed by atoms with Crippen LogP contribution in [0.25, 0.3) is 22.9 Å². The highest BCUT2D eigenvalue weighted by Crippen LogP contribution is 2.34. The minimum absolute atomic E-state index is 0.0528. The van der Waals surface area contributed by atoms with E-state index in [2.05, 4.69) is 4.98 Å². The Hall–Kier alpha value is -2.91. The third-order valence-corrected chi connectivity index (χ3v) is 4.37. The number of hydrogen-bond acceptors (Lipinski definition) is 3. The first-order chi connectivity index (χ1) is 12.0. The highest BCUT2D eigenvalue weighted by Gasteiger charge is 2.32. The summed E-state index contributed by atoms with van der Waals surface area (Å²) in [6, 6.07) is 16.5. The molecule has 1 heterocycles. The van der Waals surface area contributed by atoms with Crippen LogP contribution in [0.4, 0.5) is 13.2 Å². The maximum absolute atomic E-state index is 13.1. The first-order valence-electron chi connectivity index (χ1n) is 7.28. The van der Waals surface area contributed by atoms with E-state index in [0.29, 0.717) is 10.7 Å². The Morgan fingerprint density at radius 3 is 2.40 bits per heavy atom. The average Bonchev–Trinajstić information content (AvgIpc) is 3.10. The molecule has 0 amide bonds. The van der Waals surface area contributed by atoms with Gasteiger partial charge in [0.15, 0.2) is 0 Å². The van der Waals surface area contributed by atoms with Crippen LogP contribution >= 0.6 is 11.3 Å². The van der Waals surface area contributed by atoms with Crippen LogP contribution in [-0.4, -0.2) is 4.98 Å². The molecule has 0 saturated heterocycles. The number of allylic oxidation sites excluding steroid dienone is 1. The number of hydrogen-bond donors (Lipinski definition) is 0. The number of rotatable bonds is 3. The summed E-state index contributed by atoms with van der Waals surface area (Å²) in [4.78, 5) is 4.39. The molecule has 0 saturated carbocycles. The molecule has 0 aliphatic rings. The molecule has 3 rings (SSSR count). The van der Waals surface area contributed by atoms with Crippen molar-refractivity contribution in [3.63, 3.8) is 0 Å². The van der Waals surface area contributed by atoms with E-state index in [1.54, 1.807) is 5.38 Å². The lowest BCUT2D eigenvalue weighted by molar-refractivity contribution is -0.137. The smallest absolute Gasteiger partial charge is 0.235 e. The molecule has 0 spiro atoms. The fraction of sp³-hybridized carbons (Fsp3) is 0.0526. The summed E-state index contributed by atoms with van der Waals surface area (Å²) in [5.74, 6) is 0. The number of thiazole rings is 1. The Balaban J connectivity index is 2.01. The Bertz CT molecular complexity index is 951. The number of benzene rings is 2. The van der Waals surface area contributed by atoms with Crippen LogP contribution in [0.15, 0.2) is 60.0 Å². The van der Waals surface area contributed by atoms with Crippen molar-refractivity contribution in [2.24, 2.45) is 0 Å². The van der Waals surface area contributed by atoms with Crippen molar-refractivity contribution in [1.29, 1.82) is 5.26 Å². The monoisotopic (exact) mass is 356 g/mol. The van der Waals surface area contributed by atoms with Crippen molar-refractivity contribution in [3.8, 4) is 17.3 Å². The van der Waals surface area contributed by atoms with Gasteiger partial charge in [-0.1, -0.05) is 48.5 Å². The van der Waals surface area contributed by atoms with E-state index in [9.17, 15) is 18.4 Å². The second kappa shape index (κ2) is 6.91. The molecule has 0 fully saturated rings. The van der Waals surface area contributed by atoms with Gasteiger partial charge >= 0.3 is 6.18 Å². The first-order valence-corrected chi connectivity index (χ1v) is 8.16. The summed E-state index contributed by atoms with van der Waals surface area (Å²) >= 11 is 1.23. The number of halogens is 3. The van der Waals surface area contributed by atoms with Gasteiger partial charge in [0.05, 0.1) is 16.8 Å².